The maximum atomic E-state index is 13.1. The minimum atomic E-state index is -6.08. The van der Waals surface area contributed by atoms with Gasteiger partial charge in [-0.2, -0.15) is 8.78 Å². The van der Waals surface area contributed by atoms with Gasteiger partial charge in [0.05, 0.1) is 0 Å². The molecule has 5 nitrogen and oxygen atoms in total. The fourth-order valence-electron chi connectivity index (χ4n) is 1.86. The molecule has 0 heterocycles. The molecule has 0 radical (unpaired) electrons. The first-order valence-electron chi connectivity index (χ1n) is 6.05. The predicted octanol–water partition coefficient (Wildman–Crippen LogP) is 1.69. The summed E-state index contributed by atoms with van der Waals surface area (Å²) in [6.45, 7) is -1.30. The zero-order valence-corrected chi connectivity index (χ0v) is 12.1. The van der Waals surface area contributed by atoms with Gasteiger partial charge >= 0.3 is 5.25 Å². The lowest BCUT2D eigenvalue weighted by molar-refractivity contribution is -0.0251. The lowest BCUT2D eigenvalue weighted by Crippen LogP contribution is -2.43. The van der Waals surface area contributed by atoms with Crippen molar-refractivity contribution < 1.29 is 30.9 Å². The van der Waals surface area contributed by atoms with Gasteiger partial charge in [0.1, 0.15) is 6.61 Å². The molecule has 1 saturated carbocycles. The Hall–Kier alpha value is -0.610. The minimum absolute atomic E-state index is 0.0399. The molecule has 10 heteroatoms. The van der Waals surface area contributed by atoms with Crippen LogP contribution in [0.1, 0.15) is 32.1 Å². The Morgan fingerprint density at radius 1 is 1.40 bits per heavy atom. The molecule has 118 valence electrons. The third-order valence-corrected chi connectivity index (χ3v) is 4.14. The van der Waals surface area contributed by atoms with Crippen molar-refractivity contribution in [3.8, 4) is 0 Å². The number of ether oxygens (including phenoxy) is 1. The van der Waals surface area contributed by atoms with E-state index in [9.17, 15) is 26.1 Å². The van der Waals surface area contributed by atoms with Crippen LogP contribution in [0.15, 0.2) is 0 Å². The smallest absolute Gasteiger partial charge is 0.368 e. The predicted molar refractivity (Wildman–Crippen MR) is 68.1 cm³/mol. The average Bonchev–Trinajstić information content (AvgIpc) is 2.35. The van der Waals surface area contributed by atoms with Crippen LogP contribution in [0.4, 0.5) is 13.2 Å². The lowest BCUT2D eigenvalue weighted by atomic mass is 9.96. The summed E-state index contributed by atoms with van der Waals surface area (Å²) in [5.74, 6) is 0. The van der Waals surface area contributed by atoms with Crippen molar-refractivity contribution in [2.24, 2.45) is 0 Å². The highest BCUT2D eigenvalue weighted by Gasteiger charge is 2.48. The van der Waals surface area contributed by atoms with Crippen LogP contribution < -0.4 is 5.32 Å². The van der Waals surface area contributed by atoms with E-state index in [1.807, 2.05) is 0 Å². The highest BCUT2D eigenvalue weighted by Crippen LogP contribution is 2.27. The molecular formula is C10H15F3NO4S2-. The molecule has 1 atom stereocenters. The van der Waals surface area contributed by atoms with Gasteiger partial charge in [0, 0.05) is 6.04 Å². The van der Waals surface area contributed by atoms with E-state index in [0.717, 1.165) is 32.1 Å². The number of hydrogen-bond acceptors (Lipinski definition) is 5. The Morgan fingerprint density at radius 3 is 2.45 bits per heavy atom. The van der Waals surface area contributed by atoms with Gasteiger partial charge in [-0.05, 0) is 25.1 Å². The van der Waals surface area contributed by atoms with Crippen LogP contribution in [0.25, 0.3) is 0 Å². The van der Waals surface area contributed by atoms with Gasteiger partial charge in [0.25, 0.3) is 5.17 Å². The maximum absolute atomic E-state index is 13.1. The van der Waals surface area contributed by atoms with Crippen molar-refractivity contribution in [2.45, 2.75) is 49.6 Å². The molecule has 1 N–H and O–H groups in total. The highest BCUT2D eigenvalue weighted by molar-refractivity contribution is 7.86. The van der Waals surface area contributed by atoms with Gasteiger partial charge in [0.15, 0.2) is 10.1 Å². The maximum Gasteiger partial charge on any atom is 0.368 e. The lowest BCUT2D eigenvalue weighted by Gasteiger charge is -2.26. The van der Waals surface area contributed by atoms with E-state index >= 15 is 0 Å². The molecule has 0 aliphatic heterocycles. The van der Waals surface area contributed by atoms with E-state index in [4.69, 9.17) is 12.2 Å². The third-order valence-electron chi connectivity index (χ3n) is 2.99. The van der Waals surface area contributed by atoms with Crippen LogP contribution in [0.2, 0.25) is 0 Å². The van der Waals surface area contributed by atoms with E-state index in [1.165, 1.54) is 0 Å². The Morgan fingerprint density at radius 2 is 1.95 bits per heavy atom. The molecule has 0 amide bonds. The van der Waals surface area contributed by atoms with Crippen molar-refractivity contribution in [1.82, 2.24) is 5.32 Å². The molecule has 0 spiro atoms. The van der Waals surface area contributed by atoms with Gasteiger partial charge in [-0.3, -0.25) is 0 Å². The molecule has 1 fully saturated rings. The van der Waals surface area contributed by atoms with Crippen LogP contribution in [-0.2, 0) is 14.9 Å². The van der Waals surface area contributed by atoms with Crippen molar-refractivity contribution >= 4 is 27.5 Å². The topological polar surface area (TPSA) is 78.5 Å². The Labute approximate surface area is 120 Å². The summed E-state index contributed by atoms with van der Waals surface area (Å²) in [4.78, 5) is 0. The van der Waals surface area contributed by atoms with Gasteiger partial charge in [0.2, 0.25) is 6.17 Å². The van der Waals surface area contributed by atoms with E-state index in [1.54, 1.807) is 0 Å². The van der Waals surface area contributed by atoms with E-state index in [0.29, 0.717) is 0 Å². The van der Waals surface area contributed by atoms with E-state index < -0.39 is 28.2 Å². The van der Waals surface area contributed by atoms with Crippen LogP contribution in [0.5, 0.6) is 0 Å². The molecule has 20 heavy (non-hydrogen) atoms. The van der Waals surface area contributed by atoms with Gasteiger partial charge in [-0.25, -0.2) is 12.8 Å². The number of thiocarbonyl (C=S) groups is 1. The van der Waals surface area contributed by atoms with E-state index in [2.05, 4.69) is 10.1 Å². The zero-order chi connectivity index (χ0) is 15.4. The Kier molecular flexibility index (Phi) is 6.02. The van der Waals surface area contributed by atoms with Crippen LogP contribution >= 0.6 is 12.2 Å². The van der Waals surface area contributed by atoms with Crippen molar-refractivity contribution in [3.05, 3.63) is 0 Å². The summed E-state index contributed by atoms with van der Waals surface area (Å²) in [5, 5.41) is -2.58. The van der Waals surface area contributed by atoms with Gasteiger partial charge in [-0.15, -0.1) is 0 Å². The largest absolute Gasteiger partial charge is 0.743 e. The number of halogens is 3. The first-order chi connectivity index (χ1) is 9.14. The fourth-order valence-corrected chi connectivity index (χ4v) is 2.47. The van der Waals surface area contributed by atoms with Crippen molar-refractivity contribution in [1.29, 1.82) is 0 Å². The molecule has 1 aliphatic carbocycles. The number of rotatable bonds is 5. The Bertz CT molecular complexity index is 438. The van der Waals surface area contributed by atoms with Crippen LogP contribution in [-0.4, -0.2) is 42.2 Å². The van der Waals surface area contributed by atoms with Crippen molar-refractivity contribution in [2.75, 3.05) is 6.61 Å². The highest BCUT2D eigenvalue weighted by atomic mass is 32.2. The summed E-state index contributed by atoms with van der Waals surface area (Å²) in [6, 6.07) is 0.0399. The molecule has 0 aromatic rings. The molecule has 1 aliphatic rings. The monoisotopic (exact) mass is 334 g/mol. The number of alkyl halides is 3. The number of hydrogen-bond donors (Lipinski definition) is 1. The molecule has 1 rings (SSSR count). The first kappa shape index (κ1) is 17.4. The molecule has 0 bridgehead atoms. The van der Waals surface area contributed by atoms with Crippen molar-refractivity contribution in [3.63, 3.8) is 0 Å². The van der Waals surface area contributed by atoms with E-state index in [-0.39, 0.29) is 11.2 Å². The number of nitrogens with one attached hydrogen (secondary N) is 1. The first-order valence-corrected chi connectivity index (χ1v) is 7.87. The van der Waals surface area contributed by atoms with Crippen LogP contribution in [0.3, 0.4) is 0 Å². The summed E-state index contributed by atoms with van der Waals surface area (Å²) >= 11 is 4.70. The minimum Gasteiger partial charge on any atom is -0.743 e. The van der Waals surface area contributed by atoms with Gasteiger partial charge < -0.3 is 14.6 Å². The normalized spacial score (nSPS) is 19.4. The second kappa shape index (κ2) is 6.90. The molecule has 0 aromatic carbocycles. The summed E-state index contributed by atoms with van der Waals surface area (Å²) in [7, 11) is -6.08. The average molecular weight is 334 g/mol. The standard InChI is InChI=1S/C10H16F3NO4S2/c11-8(10(12,13)20(15,16)17)6-18-9(19)14-7-4-2-1-3-5-7/h7-8H,1-6H2,(H,14,19)(H,15,16,17)/p-1. The van der Waals surface area contributed by atoms with Crippen LogP contribution in [0, 0.1) is 0 Å². The van der Waals surface area contributed by atoms with Gasteiger partial charge in [-0.1, -0.05) is 19.3 Å². The SMILES string of the molecule is O=S(=O)([O-])C(F)(F)C(F)COC(=S)NC1CCCCC1. The molecule has 0 aromatic heterocycles. The molecule has 0 saturated heterocycles. The third kappa shape index (κ3) is 4.74. The Balaban J connectivity index is 2.40. The molecule has 1 unspecified atom stereocenters. The second-order valence-electron chi connectivity index (χ2n) is 4.56. The summed E-state index contributed by atoms with van der Waals surface area (Å²) in [5.41, 5.74) is 0. The summed E-state index contributed by atoms with van der Waals surface area (Å²) < 4.78 is 73.9. The quantitative estimate of drug-likeness (QED) is 0.609. The molecular weight excluding hydrogens is 319 g/mol. The zero-order valence-electron chi connectivity index (χ0n) is 10.5. The second-order valence-corrected chi connectivity index (χ2v) is 6.38. The fraction of sp³-hybridized carbons (Fsp3) is 0.900. The summed E-state index contributed by atoms with van der Waals surface area (Å²) in [6.07, 6.45) is 1.51.